The van der Waals surface area contributed by atoms with Gasteiger partial charge in [0, 0.05) is 25.5 Å². The molecule has 0 bridgehead atoms. The first-order valence-corrected chi connectivity index (χ1v) is 9.58. The number of nitrogens with zero attached hydrogens (tertiary/aromatic N) is 1. The molecule has 2 saturated heterocycles. The van der Waals surface area contributed by atoms with Gasteiger partial charge >= 0.3 is 0 Å². The molecule has 0 radical (unpaired) electrons. The van der Waals surface area contributed by atoms with Gasteiger partial charge < -0.3 is 15.0 Å². The van der Waals surface area contributed by atoms with E-state index in [9.17, 15) is 14.0 Å². The maximum atomic E-state index is 13.6. The number of benzene rings is 1. The Balaban J connectivity index is 1.44. The van der Waals surface area contributed by atoms with Crippen molar-refractivity contribution in [3.63, 3.8) is 0 Å². The second kappa shape index (κ2) is 7.16. The van der Waals surface area contributed by atoms with Gasteiger partial charge in [0.1, 0.15) is 11.9 Å². The lowest BCUT2D eigenvalue weighted by Gasteiger charge is -2.28. The summed E-state index contributed by atoms with van der Waals surface area (Å²) in [6.07, 6.45) is 3.94. The molecule has 3 fully saturated rings. The largest absolute Gasteiger partial charge is 0.376 e. The molecule has 0 aromatic heterocycles. The third-order valence-electron chi connectivity index (χ3n) is 5.45. The van der Waals surface area contributed by atoms with Gasteiger partial charge in [-0.1, -0.05) is 17.7 Å². The van der Waals surface area contributed by atoms with Crippen molar-refractivity contribution in [3.05, 3.63) is 34.6 Å². The minimum absolute atomic E-state index is 0.0283. The first-order valence-electron chi connectivity index (χ1n) is 9.20. The molecule has 7 heteroatoms. The lowest BCUT2D eigenvalue weighted by atomic mass is 10.1. The predicted molar refractivity (Wildman–Crippen MR) is 94.3 cm³/mol. The molecule has 0 unspecified atom stereocenters. The number of carbonyl (C=O) groups excluding carboxylic acids is 2. The van der Waals surface area contributed by atoms with Crippen molar-refractivity contribution >= 4 is 23.4 Å². The van der Waals surface area contributed by atoms with Gasteiger partial charge in [-0.25, -0.2) is 4.39 Å². The van der Waals surface area contributed by atoms with Crippen molar-refractivity contribution in [2.24, 2.45) is 0 Å². The highest BCUT2D eigenvalue weighted by atomic mass is 35.5. The highest BCUT2D eigenvalue weighted by molar-refractivity contribution is 6.30. The van der Waals surface area contributed by atoms with Crippen LogP contribution in [0.3, 0.4) is 0 Å². The van der Waals surface area contributed by atoms with Crippen LogP contribution in [0.1, 0.15) is 37.7 Å². The molecule has 1 saturated carbocycles. The number of aryl methyl sites for hydroxylation is 1. The van der Waals surface area contributed by atoms with Gasteiger partial charge in [0.15, 0.2) is 0 Å². The van der Waals surface area contributed by atoms with Crippen LogP contribution in [0.25, 0.3) is 0 Å². The first kappa shape index (κ1) is 17.7. The van der Waals surface area contributed by atoms with Crippen molar-refractivity contribution in [1.29, 1.82) is 0 Å². The summed E-state index contributed by atoms with van der Waals surface area (Å²) in [5.74, 6) is -0.630. The fourth-order valence-corrected chi connectivity index (χ4v) is 4.06. The zero-order valence-electron chi connectivity index (χ0n) is 14.4. The molecule has 140 valence electrons. The molecular weight excluding hydrogens is 359 g/mol. The molecule has 3 atom stereocenters. The number of rotatable bonds is 5. The van der Waals surface area contributed by atoms with Crippen molar-refractivity contribution in [1.82, 2.24) is 10.2 Å². The molecule has 26 heavy (non-hydrogen) atoms. The fourth-order valence-electron chi connectivity index (χ4n) is 3.94. The highest BCUT2D eigenvalue weighted by Crippen LogP contribution is 2.35. The molecule has 2 heterocycles. The van der Waals surface area contributed by atoms with Crippen LogP contribution in [0.2, 0.25) is 5.02 Å². The Morgan fingerprint density at radius 3 is 2.85 bits per heavy atom. The lowest BCUT2D eigenvalue weighted by molar-refractivity contribution is -0.140. The maximum absolute atomic E-state index is 13.6. The molecule has 1 aromatic carbocycles. The van der Waals surface area contributed by atoms with Crippen LogP contribution >= 0.6 is 11.6 Å². The SMILES string of the molecule is O=C(NC1CC1)[C@@H]1C[C@@H]2OCC[C@@H]2N1C(=O)CCc1ccc(Cl)c(F)c1. The van der Waals surface area contributed by atoms with Crippen molar-refractivity contribution in [3.8, 4) is 0 Å². The van der Waals surface area contributed by atoms with E-state index < -0.39 is 11.9 Å². The zero-order valence-corrected chi connectivity index (χ0v) is 15.2. The van der Waals surface area contributed by atoms with Gasteiger partial charge in [0.05, 0.1) is 17.2 Å². The summed E-state index contributed by atoms with van der Waals surface area (Å²) in [6, 6.07) is 4.36. The van der Waals surface area contributed by atoms with E-state index in [1.165, 1.54) is 12.1 Å². The van der Waals surface area contributed by atoms with E-state index >= 15 is 0 Å². The maximum Gasteiger partial charge on any atom is 0.243 e. The number of halogens is 2. The van der Waals surface area contributed by atoms with Crippen LogP contribution in [-0.2, 0) is 20.7 Å². The van der Waals surface area contributed by atoms with Crippen molar-refractivity contribution in [2.45, 2.75) is 62.8 Å². The minimum Gasteiger partial charge on any atom is -0.376 e. The first-order chi connectivity index (χ1) is 12.5. The summed E-state index contributed by atoms with van der Waals surface area (Å²) >= 11 is 5.70. The number of nitrogens with one attached hydrogen (secondary N) is 1. The summed E-state index contributed by atoms with van der Waals surface area (Å²) in [5.41, 5.74) is 0.720. The third-order valence-corrected chi connectivity index (χ3v) is 5.76. The number of ether oxygens (including phenoxy) is 1. The van der Waals surface area contributed by atoms with Crippen molar-refractivity contribution in [2.75, 3.05) is 6.61 Å². The van der Waals surface area contributed by atoms with Gasteiger partial charge in [-0.15, -0.1) is 0 Å². The lowest BCUT2D eigenvalue weighted by Crippen LogP contribution is -2.49. The number of likely N-dealkylation sites (tertiary alicyclic amines) is 1. The highest BCUT2D eigenvalue weighted by Gasteiger charge is 2.49. The third kappa shape index (κ3) is 3.58. The predicted octanol–water partition coefficient (Wildman–Crippen LogP) is 2.45. The van der Waals surface area contributed by atoms with Crippen LogP contribution in [0, 0.1) is 5.82 Å². The number of hydrogen-bond acceptors (Lipinski definition) is 3. The Kier molecular flexibility index (Phi) is 4.88. The van der Waals surface area contributed by atoms with E-state index in [2.05, 4.69) is 5.32 Å². The summed E-state index contributed by atoms with van der Waals surface area (Å²) in [4.78, 5) is 27.2. The zero-order chi connectivity index (χ0) is 18.3. The molecule has 1 aliphatic carbocycles. The van der Waals surface area contributed by atoms with Crippen LogP contribution in [0.15, 0.2) is 18.2 Å². The molecule has 0 spiro atoms. The van der Waals surface area contributed by atoms with Gasteiger partial charge in [-0.2, -0.15) is 0 Å². The fraction of sp³-hybridized carbons (Fsp3) is 0.579. The summed E-state index contributed by atoms with van der Waals surface area (Å²) < 4.78 is 19.3. The smallest absolute Gasteiger partial charge is 0.243 e. The molecule has 5 nitrogen and oxygen atoms in total. The summed E-state index contributed by atoms with van der Waals surface area (Å²) in [6.45, 7) is 0.623. The second-order valence-corrected chi connectivity index (χ2v) is 7.76. The minimum atomic E-state index is -0.483. The van der Waals surface area contributed by atoms with Crippen LogP contribution in [0.4, 0.5) is 4.39 Å². The molecular formula is C19H22ClFN2O3. The van der Waals surface area contributed by atoms with E-state index in [0.717, 1.165) is 24.8 Å². The number of amides is 2. The van der Waals surface area contributed by atoms with Crippen LogP contribution < -0.4 is 5.32 Å². The average Bonchev–Trinajstić information content (AvgIpc) is 3.17. The standard InChI is InChI=1S/C19H22ClFN2O3/c20-13-5-1-11(9-14(13)21)2-6-18(24)23-15-7-8-26-17(15)10-16(23)19(25)22-12-3-4-12/h1,5,9,12,15-17H,2-4,6-8,10H2,(H,22,25)/t15-,16-,17-/m0/s1. The van der Waals surface area contributed by atoms with Gasteiger partial charge in [-0.05, 0) is 43.4 Å². The Bertz CT molecular complexity index is 725. The monoisotopic (exact) mass is 380 g/mol. The van der Waals surface area contributed by atoms with Gasteiger partial charge in [0.2, 0.25) is 11.8 Å². The summed E-state index contributed by atoms with van der Waals surface area (Å²) in [5, 5.41) is 3.08. The Morgan fingerprint density at radius 1 is 1.31 bits per heavy atom. The van der Waals surface area contributed by atoms with Crippen LogP contribution in [0.5, 0.6) is 0 Å². The molecule has 1 aromatic rings. The van der Waals surface area contributed by atoms with Crippen molar-refractivity contribution < 1.29 is 18.7 Å². The van der Waals surface area contributed by atoms with E-state index in [-0.39, 0.29) is 41.4 Å². The van der Waals surface area contributed by atoms with E-state index in [1.54, 1.807) is 11.0 Å². The summed E-state index contributed by atoms with van der Waals surface area (Å²) in [7, 11) is 0. The Hall–Kier alpha value is -1.66. The molecule has 3 aliphatic rings. The van der Waals surface area contributed by atoms with Crippen LogP contribution in [-0.4, -0.2) is 47.6 Å². The van der Waals surface area contributed by atoms with E-state index in [4.69, 9.17) is 16.3 Å². The molecule has 4 rings (SSSR count). The van der Waals surface area contributed by atoms with Gasteiger partial charge in [0.25, 0.3) is 0 Å². The van der Waals surface area contributed by atoms with E-state index in [1.807, 2.05) is 0 Å². The number of carbonyl (C=O) groups is 2. The molecule has 1 N–H and O–H groups in total. The van der Waals surface area contributed by atoms with Gasteiger partial charge in [-0.3, -0.25) is 9.59 Å². The normalized spacial score (nSPS) is 27.5. The Morgan fingerprint density at radius 2 is 2.12 bits per heavy atom. The average molecular weight is 381 g/mol. The number of hydrogen-bond donors (Lipinski definition) is 1. The second-order valence-electron chi connectivity index (χ2n) is 7.35. The topological polar surface area (TPSA) is 58.6 Å². The molecule has 2 aliphatic heterocycles. The molecule has 2 amide bonds. The number of fused-ring (bicyclic) bond motifs is 1. The van der Waals surface area contributed by atoms with E-state index in [0.29, 0.717) is 19.4 Å². The quantitative estimate of drug-likeness (QED) is 0.853. The Labute approximate surface area is 156 Å².